The first-order valence-corrected chi connectivity index (χ1v) is 9.90. The first-order chi connectivity index (χ1) is 13.7. The highest BCUT2D eigenvalue weighted by molar-refractivity contribution is 6.02. The number of piperazine rings is 1. The number of nitriles is 1. The number of aromatic nitrogens is 1. The highest BCUT2D eigenvalue weighted by Crippen LogP contribution is 2.37. The molecule has 0 amide bonds. The largest absolute Gasteiger partial charge is 0.492 e. The summed E-state index contributed by atoms with van der Waals surface area (Å²) in [6.45, 7) is 5.55. The summed E-state index contributed by atoms with van der Waals surface area (Å²) in [7, 11) is 0. The maximum absolute atomic E-state index is 12.5. The van der Waals surface area contributed by atoms with E-state index in [4.69, 9.17) is 9.72 Å². The molecule has 0 N–H and O–H groups in total. The molecule has 4 rings (SSSR count). The number of aryl methyl sites for hydroxylation is 1. The summed E-state index contributed by atoms with van der Waals surface area (Å²) in [6.07, 6.45) is 2.05. The highest BCUT2D eigenvalue weighted by Gasteiger charge is 2.31. The standard InChI is InChI=1S/C22H24N4O2/c1-2-28-21-17(15-23)22(24-18-9-6-10-19(27)20(18)21)26-13-11-25(12-14-26)16-7-4-3-5-8-16/h3-5,7-8H,2,6,9-14H2,1H3. The van der Waals surface area contributed by atoms with E-state index in [2.05, 4.69) is 28.0 Å². The number of para-hydroxylation sites is 1. The lowest BCUT2D eigenvalue weighted by Crippen LogP contribution is -2.47. The number of carbonyl (C=O) groups excluding carboxylic acids is 1. The number of carbonyl (C=O) groups is 1. The van der Waals surface area contributed by atoms with Crippen LogP contribution in [-0.4, -0.2) is 43.6 Å². The molecule has 6 heteroatoms. The molecule has 0 bridgehead atoms. The Labute approximate surface area is 165 Å². The van der Waals surface area contributed by atoms with Crippen molar-refractivity contribution in [3.8, 4) is 11.8 Å². The molecule has 1 aliphatic carbocycles. The van der Waals surface area contributed by atoms with E-state index in [1.165, 1.54) is 5.69 Å². The highest BCUT2D eigenvalue weighted by atomic mass is 16.5. The van der Waals surface area contributed by atoms with Crippen LogP contribution in [0.1, 0.15) is 41.4 Å². The molecule has 28 heavy (non-hydrogen) atoms. The van der Waals surface area contributed by atoms with Crippen molar-refractivity contribution in [2.45, 2.75) is 26.2 Å². The average molecular weight is 376 g/mol. The Kier molecular flexibility index (Phi) is 5.16. The van der Waals surface area contributed by atoms with Crippen molar-refractivity contribution in [2.24, 2.45) is 0 Å². The second kappa shape index (κ2) is 7.89. The molecule has 1 aromatic carbocycles. The molecule has 0 spiro atoms. The molecule has 2 aromatic rings. The topological polar surface area (TPSA) is 69.5 Å². The SMILES string of the molecule is CCOc1c(C#N)c(N2CCN(c3ccccc3)CC2)nc2c1C(=O)CCC2. The Morgan fingerprint density at radius 3 is 2.50 bits per heavy atom. The fourth-order valence-electron chi connectivity index (χ4n) is 4.04. The number of nitrogens with zero attached hydrogens (tertiary/aromatic N) is 4. The van der Waals surface area contributed by atoms with Gasteiger partial charge < -0.3 is 14.5 Å². The molecule has 144 valence electrons. The second-order valence-electron chi connectivity index (χ2n) is 7.09. The van der Waals surface area contributed by atoms with Crippen molar-refractivity contribution in [1.82, 2.24) is 4.98 Å². The monoisotopic (exact) mass is 376 g/mol. The number of ketones is 1. The van der Waals surface area contributed by atoms with Crippen molar-refractivity contribution >= 4 is 17.3 Å². The van der Waals surface area contributed by atoms with Crippen LogP contribution in [0.25, 0.3) is 0 Å². The van der Waals surface area contributed by atoms with Crippen LogP contribution in [-0.2, 0) is 6.42 Å². The van der Waals surface area contributed by atoms with E-state index in [0.29, 0.717) is 35.7 Å². The molecule has 1 aliphatic heterocycles. The zero-order valence-electron chi connectivity index (χ0n) is 16.1. The first-order valence-electron chi connectivity index (χ1n) is 9.90. The Morgan fingerprint density at radius 1 is 1.11 bits per heavy atom. The number of ether oxygens (including phenoxy) is 1. The van der Waals surface area contributed by atoms with E-state index in [-0.39, 0.29) is 5.78 Å². The van der Waals surface area contributed by atoms with Gasteiger partial charge in [-0.2, -0.15) is 5.26 Å². The normalized spacial score (nSPS) is 16.5. The molecule has 0 unspecified atom stereocenters. The number of hydrogen-bond donors (Lipinski definition) is 0. The zero-order valence-corrected chi connectivity index (χ0v) is 16.1. The van der Waals surface area contributed by atoms with Crippen LogP contribution in [0.4, 0.5) is 11.5 Å². The summed E-state index contributed by atoms with van der Waals surface area (Å²) in [4.78, 5) is 21.8. The van der Waals surface area contributed by atoms with Gasteiger partial charge in [0.15, 0.2) is 17.4 Å². The minimum atomic E-state index is 0.0362. The molecular formula is C22H24N4O2. The molecule has 6 nitrogen and oxygen atoms in total. The summed E-state index contributed by atoms with van der Waals surface area (Å²) in [5.74, 6) is 1.13. The van der Waals surface area contributed by atoms with Crippen LogP contribution in [0.15, 0.2) is 30.3 Å². The molecule has 0 atom stereocenters. The minimum Gasteiger partial charge on any atom is -0.492 e. The number of anilines is 2. The summed E-state index contributed by atoms with van der Waals surface area (Å²) in [5.41, 5.74) is 2.90. The Hall–Kier alpha value is -3.07. The van der Waals surface area contributed by atoms with E-state index in [0.717, 1.165) is 44.7 Å². The molecular weight excluding hydrogens is 352 g/mol. The number of pyridine rings is 1. The number of fused-ring (bicyclic) bond motifs is 1. The lowest BCUT2D eigenvalue weighted by atomic mass is 9.92. The van der Waals surface area contributed by atoms with Gasteiger partial charge in [0, 0.05) is 38.3 Å². The van der Waals surface area contributed by atoms with Gasteiger partial charge in [0.25, 0.3) is 0 Å². The van der Waals surface area contributed by atoms with E-state index in [1.807, 2.05) is 25.1 Å². The first kappa shape index (κ1) is 18.3. The van der Waals surface area contributed by atoms with Gasteiger partial charge in [0.2, 0.25) is 0 Å². The molecule has 0 radical (unpaired) electrons. The van der Waals surface area contributed by atoms with Gasteiger partial charge in [-0.15, -0.1) is 0 Å². The van der Waals surface area contributed by atoms with Gasteiger partial charge in [0.1, 0.15) is 11.6 Å². The number of hydrogen-bond acceptors (Lipinski definition) is 6. The molecule has 1 aromatic heterocycles. The van der Waals surface area contributed by atoms with Crippen molar-refractivity contribution in [1.29, 1.82) is 5.26 Å². The third kappa shape index (κ3) is 3.29. The van der Waals surface area contributed by atoms with E-state index in [1.54, 1.807) is 0 Å². The predicted molar refractivity (Wildman–Crippen MR) is 108 cm³/mol. The van der Waals surface area contributed by atoms with E-state index < -0.39 is 0 Å². The summed E-state index contributed by atoms with van der Waals surface area (Å²) >= 11 is 0. The maximum Gasteiger partial charge on any atom is 0.168 e. The van der Waals surface area contributed by atoms with Gasteiger partial charge in [0.05, 0.1) is 17.9 Å². The quantitative estimate of drug-likeness (QED) is 0.816. The van der Waals surface area contributed by atoms with E-state index >= 15 is 0 Å². The molecule has 1 fully saturated rings. The van der Waals surface area contributed by atoms with Crippen molar-refractivity contribution in [3.05, 3.63) is 47.2 Å². The molecule has 1 saturated heterocycles. The van der Waals surface area contributed by atoms with Crippen LogP contribution in [0, 0.1) is 11.3 Å². The molecule has 2 heterocycles. The van der Waals surface area contributed by atoms with Gasteiger partial charge in [-0.25, -0.2) is 4.98 Å². The maximum atomic E-state index is 12.5. The summed E-state index contributed by atoms with van der Waals surface area (Å²) < 4.78 is 5.80. The van der Waals surface area contributed by atoms with Crippen LogP contribution in [0.5, 0.6) is 5.75 Å². The lowest BCUT2D eigenvalue weighted by molar-refractivity contribution is 0.0967. The van der Waals surface area contributed by atoms with Crippen LogP contribution in [0.2, 0.25) is 0 Å². The third-order valence-electron chi connectivity index (χ3n) is 5.40. The smallest absolute Gasteiger partial charge is 0.168 e. The fraction of sp³-hybridized carbons (Fsp3) is 0.409. The lowest BCUT2D eigenvalue weighted by Gasteiger charge is -2.37. The van der Waals surface area contributed by atoms with E-state index in [9.17, 15) is 10.1 Å². The number of Topliss-reactive ketones (excluding diaryl/α,β-unsaturated/α-hetero) is 1. The Bertz CT molecular complexity index is 912. The third-order valence-corrected chi connectivity index (χ3v) is 5.40. The van der Waals surface area contributed by atoms with Gasteiger partial charge in [-0.1, -0.05) is 18.2 Å². The molecule has 2 aliphatic rings. The van der Waals surface area contributed by atoms with Gasteiger partial charge in [-0.3, -0.25) is 4.79 Å². The number of rotatable bonds is 4. The zero-order chi connectivity index (χ0) is 19.5. The summed E-state index contributed by atoms with van der Waals surface area (Å²) in [5, 5.41) is 9.86. The molecule has 0 saturated carbocycles. The summed E-state index contributed by atoms with van der Waals surface area (Å²) in [6, 6.07) is 12.6. The van der Waals surface area contributed by atoms with Gasteiger partial charge >= 0.3 is 0 Å². The Morgan fingerprint density at radius 2 is 1.82 bits per heavy atom. The van der Waals surface area contributed by atoms with Crippen LogP contribution in [0.3, 0.4) is 0 Å². The van der Waals surface area contributed by atoms with Gasteiger partial charge in [-0.05, 0) is 31.9 Å². The average Bonchev–Trinajstić information content (AvgIpc) is 2.74. The van der Waals surface area contributed by atoms with Crippen molar-refractivity contribution in [3.63, 3.8) is 0 Å². The van der Waals surface area contributed by atoms with Crippen molar-refractivity contribution < 1.29 is 9.53 Å². The number of benzene rings is 1. The Balaban J connectivity index is 1.66. The second-order valence-corrected chi connectivity index (χ2v) is 7.09. The van der Waals surface area contributed by atoms with Crippen molar-refractivity contribution in [2.75, 3.05) is 42.6 Å². The minimum absolute atomic E-state index is 0.0362. The fourth-order valence-corrected chi connectivity index (χ4v) is 4.04. The predicted octanol–water partition coefficient (Wildman–Crippen LogP) is 3.20. The van der Waals surface area contributed by atoms with Crippen LogP contribution < -0.4 is 14.5 Å². The van der Waals surface area contributed by atoms with Crippen LogP contribution >= 0.6 is 0 Å².